The lowest BCUT2D eigenvalue weighted by atomic mass is 9.68. The van der Waals surface area contributed by atoms with Crippen LogP contribution >= 0.6 is 0 Å². The third kappa shape index (κ3) is 1.35. The number of aryl methyl sites for hydroxylation is 1. The summed E-state index contributed by atoms with van der Waals surface area (Å²) >= 11 is 0. The van der Waals surface area contributed by atoms with Gasteiger partial charge in [-0.15, -0.1) is 0 Å². The standard InChI is InChI=1S/C16H24N2/c1-10-15(2,3)12-7-6-11-8-17-9-18-14(11)13(12)16(10,4)5/h8-10,12-13H,6-7H2,1-5H3/t10?,12-,13+/m0/s1. The lowest BCUT2D eigenvalue weighted by Crippen LogP contribution is -2.29. The van der Waals surface area contributed by atoms with E-state index in [0.717, 1.165) is 18.3 Å². The van der Waals surface area contributed by atoms with Crippen LogP contribution in [0.4, 0.5) is 0 Å². The number of rotatable bonds is 0. The molecule has 2 heteroatoms. The van der Waals surface area contributed by atoms with Crippen LogP contribution in [-0.4, -0.2) is 9.97 Å². The zero-order valence-electron chi connectivity index (χ0n) is 12.2. The SMILES string of the molecule is CC1C(C)(C)[C@H]2CCc3cncnc3[C@@H]2C1(C)C. The van der Waals surface area contributed by atoms with E-state index in [-0.39, 0.29) is 0 Å². The molecular weight excluding hydrogens is 220 g/mol. The van der Waals surface area contributed by atoms with Gasteiger partial charge in [0.2, 0.25) is 0 Å². The molecule has 0 spiro atoms. The topological polar surface area (TPSA) is 25.8 Å². The minimum atomic E-state index is 0.331. The molecule has 3 rings (SSSR count). The number of hydrogen-bond acceptors (Lipinski definition) is 2. The van der Waals surface area contributed by atoms with E-state index in [9.17, 15) is 0 Å². The molecule has 2 aliphatic carbocycles. The monoisotopic (exact) mass is 244 g/mol. The predicted octanol–water partition coefficient (Wildman–Crippen LogP) is 3.82. The van der Waals surface area contributed by atoms with Crippen LogP contribution in [0.15, 0.2) is 12.5 Å². The highest BCUT2D eigenvalue weighted by Gasteiger charge is 2.59. The summed E-state index contributed by atoms with van der Waals surface area (Å²) in [6.45, 7) is 12.2. The highest BCUT2D eigenvalue weighted by atomic mass is 14.9. The third-order valence-electron chi connectivity index (χ3n) is 6.23. The molecule has 98 valence electrons. The van der Waals surface area contributed by atoms with E-state index in [0.29, 0.717) is 16.7 Å². The van der Waals surface area contributed by atoms with Gasteiger partial charge in [-0.3, -0.25) is 0 Å². The predicted molar refractivity (Wildman–Crippen MR) is 73.3 cm³/mol. The summed E-state index contributed by atoms with van der Waals surface area (Å²) in [5, 5.41) is 0. The van der Waals surface area contributed by atoms with Crippen LogP contribution in [0.2, 0.25) is 0 Å². The molecule has 0 aliphatic heterocycles. The molecule has 2 nitrogen and oxygen atoms in total. The summed E-state index contributed by atoms with van der Waals surface area (Å²) in [7, 11) is 0. The molecule has 0 amide bonds. The average molecular weight is 244 g/mol. The summed E-state index contributed by atoms with van der Waals surface area (Å²) in [6.07, 6.45) is 6.22. The maximum absolute atomic E-state index is 4.65. The van der Waals surface area contributed by atoms with Crippen molar-refractivity contribution in [2.75, 3.05) is 0 Å². The molecule has 1 saturated carbocycles. The minimum Gasteiger partial charge on any atom is -0.245 e. The number of aromatic nitrogens is 2. The van der Waals surface area contributed by atoms with E-state index in [4.69, 9.17) is 0 Å². The highest BCUT2D eigenvalue weighted by Crippen LogP contribution is 2.66. The fourth-order valence-corrected chi connectivity index (χ4v) is 4.73. The van der Waals surface area contributed by atoms with Crippen LogP contribution < -0.4 is 0 Å². The van der Waals surface area contributed by atoms with Crippen molar-refractivity contribution in [1.29, 1.82) is 0 Å². The van der Waals surface area contributed by atoms with E-state index in [1.54, 1.807) is 6.33 Å². The Balaban J connectivity index is 2.16. The Kier molecular flexibility index (Phi) is 2.39. The normalized spacial score (nSPS) is 35.9. The molecule has 0 bridgehead atoms. The van der Waals surface area contributed by atoms with Gasteiger partial charge < -0.3 is 0 Å². The molecule has 1 aromatic rings. The molecule has 1 unspecified atom stereocenters. The Bertz CT molecular complexity index is 476. The second-order valence-electron chi connectivity index (χ2n) is 7.42. The zero-order valence-corrected chi connectivity index (χ0v) is 12.2. The summed E-state index contributed by atoms with van der Waals surface area (Å²) in [4.78, 5) is 8.85. The zero-order chi connectivity index (χ0) is 13.1. The third-order valence-corrected chi connectivity index (χ3v) is 6.23. The minimum absolute atomic E-state index is 0.331. The van der Waals surface area contributed by atoms with Gasteiger partial charge in [0.15, 0.2) is 0 Å². The first-order valence-corrected chi connectivity index (χ1v) is 7.15. The molecule has 1 heterocycles. The fraction of sp³-hybridized carbons (Fsp3) is 0.750. The average Bonchev–Trinajstić information content (AvgIpc) is 2.48. The van der Waals surface area contributed by atoms with Gasteiger partial charge in [0.1, 0.15) is 6.33 Å². The van der Waals surface area contributed by atoms with Gasteiger partial charge in [0, 0.05) is 12.1 Å². The van der Waals surface area contributed by atoms with E-state index in [1.807, 2.05) is 6.20 Å². The van der Waals surface area contributed by atoms with Gasteiger partial charge in [-0.25, -0.2) is 9.97 Å². The van der Waals surface area contributed by atoms with Crippen molar-refractivity contribution in [3.05, 3.63) is 23.8 Å². The Labute approximate surface area is 110 Å². The van der Waals surface area contributed by atoms with Crippen molar-refractivity contribution >= 4 is 0 Å². The largest absolute Gasteiger partial charge is 0.245 e. The lowest BCUT2D eigenvalue weighted by Gasteiger charge is -2.37. The Morgan fingerprint density at radius 1 is 1.17 bits per heavy atom. The second-order valence-corrected chi connectivity index (χ2v) is 7.42. The molecule has 1 aromatic heterocycles. The van der Waals surface area contributed by atoms with E-state index < -0.39 is 0 Å². The fourth-order valence-electron chi connectivity index (χ4n) is 4.73. The van der Waals surface area contributed by atoms with Crippen molar-refractivity contribution in [3.63, 3.8) is 0 Å². The van der Waals surface area contributed by atoms with Crippen molar-refractivity contribution in [2.45, 2.75) is 53.4 Å². The molecule has 0 aromatic carbocycles. The number of nitrogens with zero attached hydrogens (tertiary/aromatic N) is 2. The molecule has 3 atom stereocenters. The van der Waals surface area contributed by atoms with Crippen LogP contribution in [0.1, 0.15) is 58.2 Å². The number of hydrogen-bond donors (Lipinski definition) is 0. The second kappa shape index (κ2) is 3.55. The highest BCUT2D eigenvalue weighted by molar-refractivity contribution is 5.30. The van der Waals surface area contributed by atoms with Gasteiger partial charge in [-0.05, 0) is 41.1 Å². The van der Waals surface area contributed by atoms with E-state index in [2.05, 4.69) is 44.6 Å². The molecule has 1 fully saturated rings. The quantitative estimate of drug-likeness (QED) is 0.693. The van der Waals surface area contributed by atoms with Crippen LogP contribution in [0.5, 0.6) is 0 Å². The molecule has 0 N–H and O–H groups in total. The van der Waals surface area contributed by atoms with Gasteiger partial charge in [-0.2, -0.15) is 0 Å². The van der Waals surface area contributed by atoms with Gasteiger partial charge in [-0.1, -0.05) is 34.6 Å². The first kappa shape index (κ1) is 12.1. The first-order chi connectivity index (χ1) is 8.37. The van der Waals surface area contributed by atoms with Crippen molar-refractivity contribution in [1.82, 2.24) is 9.97 Å². The molecule has 0 radical (unpaired) electrons. The maximum atomic E-state index is 4.65. The van der Waals surface area contributed by atoms with Crippen molar-refractivity contribution in [3.8, 4) is 0 Å². The smallest absolute Gasteiger partial charge is 0.115 e. The summed E-state index contributed by atoms with van der Waals surface area (Å²) in [5.41, 5.74) is 3.47. The van der Waals surface area contributed by atoms with Crippen LogP contribution in [0, 0.1) is 22.7 Å². The maximum Gasteiger partial charge on any atom is 0.115 e. The van der Waals surface area contributed by atoms with Crippen LogP contribution in [-0.2, 0) is 6.42 Å². The Hall–Kier alpha value is -0.920. The van der Waals surface area contributed by atoms with Crippen LogP contribution in [0.3, 0.4) is 0 Å². The van der Waals surface area contributed by atoms with Gasteiger partial charge in [0.25, 0.3) is 0 Å². The summed E-state index contributed by atoms with van der Waals surface area (Å²) < 4.78 is 0. The van der Waals surface area contributed by atoms with Crippen LogP contribution in [0.25, 0.3) is 0 Å². The number of fused-ring (bicyclic) bond motifs is 3. The van der Waals surface area contributed by atoms with Gasteiger partial charge >= 0.3 is 0 Å². The van der Waals surface area contributed by atoms with E-state index >= 15 is 0 Å². The van der Waals surface area contributed by atoms with Gasteiger partial charge in [0.05, 0.1) is 5.69 Å². The molecular formula is C16H24N2. The molecule has 2 aliphatic rings. The summed E-state index contributed by atoms with van der Waals surface area (Å²) in [6, 6.07) is 0. The Morgan fingerprint density at radius 3 is 2.61 bits per heavy atom. The summed E-state index contributed by atoms with van der Waals surface area (Å²) in [5.74, 6) is 2.10. The van der Waals surface area contributed by atoms with E-state index in [1.165, 1.54) is 17.7 Å². The van der Waals surface area contributed by atoms with Crippen molar-refractivity contribution < 1.29 is 0 Å². The Morgan fingerprint density at radius 2 is 1.89 bits per heavy atom. The lowest BCUT2D eigenvalue weighted by molar-refractivity contribution is 0.150. The van der Waals surface area contributed by atoms with Crippen molar-refractivity contribution in [2.24, 2.45) is 22.7 Å². The molecule has 18 heavy (non-hydrogen) atoms. The first-order valence-electron chi connectivity index (χ1n) is 7.15. The molecule has 0 saturated heterocycles.